The third-order valence-corrected chi connectivity index (χ3v) is 4.69. The molecular weight excluding hydrogens is 312 g/mol. The van der Waals surface area contributed by atoms with E-state index < -0.39 is 0 Å². The lowest BCUT2D eigenvalue weighted by Gasteiger charge is -2.24. The molecule has 0 heterocycles. The fourth-order valence-corrected chi connectivity index (χ4v) is 3.34. The van der Waals surface area contributed by atoms with Crippen molar-refractivity contribution in [3.63, 3.8) is 0 Å². The number of Topliss-reactive ketones (excluding diaryl/α,β-unsaturated/α-hetero) is 1. The Balaban J connectivity index is 1.87. The zero-order valence-corrected chi connectivity index (χ0v) is 13.1. The fraction of sp³-hybridized carbons (Fsp3) is 0.278. The maximum atomic E-state index is 12.7. The number of hydrogen-bond donors (Lipinski definition) is 0. The van der Waals surface area contributed by atoms with E-state index in [2.05, 4.69) is 47.1 Å². The van der Waals surface area contributed by atoms with Crippen LogP contribution in [0, 0.1) is 12.8 Å². The molecule has 3 rings (SSSR count). The van der Waals surface area contributed by atoms with Crippen molar-refractivity contribution in [2.24, 2.45) is 5.92 Å². The number of aryl methyl sites for hydroxylation is 2. The van der Waals surface area contributed by atoms with Gasteiger partial charge in [0.15, 0.2) is 5.78 Å². The molecule has 1 nitrogen and oxygen atoms in total. The SMILES string of the molecule is Cc1ccccc1C[C@H]1CCc2ccc(Br)cc2C1=O. The summed E-state index contributed by atoms with van der Waals surface area (Å²) in [5.41, 5.74) is 4.67. The summed E-state index contributed by atoms with van der Waals surface area (Å²) in [6.45, 7) is 2.12. The molecule has 0 aliphatic heterocycles. The van der Waals surface area contributed by atoms with Gasteiger partial charge in [-0.15, -0.1) is 0 Å². The monoisotopic (exact) mass is 328 g/mol. The van der Waals surface area contributed by atoms with Crippen LogP contribution in [0.25, 0.3) is 0 Å². The van der Waals surface area contributed by atoms with Crippen LogP contribution in [0.4, 0.5) is 0 Å². The van der Waals surface area contributed by atoms with Crippen molar-refractivity contribution < 1.29 is 4.79 Å². The third-order valence-electron chi connectivity index (χ3n) is 4.20. The van der Waals surface area contributed by atoms with Crippen molar-refractivity contribution >= 4 is 21.7 Å². The molecular formula is C18H17BrO. The number of carbonyl (C=O) groups is 1. The quantitative estimate of drug-likeness (QED) is 0.777. The second-order valence-corrected chi connectivity index (χ2v) is 6.45. The minimum Gasteiger partial charge on any atom is -0.294 e. The normalized spacial score (nSPS) is 17.9. The van der Waals surface area contributed by atoms with E-state index in [-0.39, 0.29) is 5.92 Å². The number of ketones is 1. The molecule has 20 heavy (non-hydrogen) atoms. The van der Waals surface area contributed by atoms with Crippen molar-refractivity contribution in [2.45, 2.75) is 26.2 Å². The average molecular weight is 329 g/mol. The van der Waals surface area contributed by atoms with E-state index in [1.165, 1.54) is 16.7 Å². The van der Waals surface area contributed by atoms with Crippen molar-refractivity contribution in [3.05, 3.63) is 69.2 Å². The van der Waals surface area contributed by atoms with Gasteiger partial charge in [0.25, 0.3) is 0 Å². The van der Waals surface area contributed by atoms with Crippen LogP contribution in [0.15, 0.2) is 46.9 Å². The predicted octanol–water partition coefficient (Wildman–Crippen LogP) is 4.75. The average Bonchev–Trinajstić information content (AvgIpc) is 2.45. The van der Waals surface area contributed by atoms with Crippen LogP contribution in [0.3, 0.4) is 0 Å². The molecule has 1 aliphatic rings. The maximum Gasteiger partial charge on any atom is 0.166 e. The molecule has 0 bridgehead atoms. The third kappa shape index (κ3) is 2.57. The first kappa shape index (κ1) is 13.6. The smallest absolute Gasteiger partial charge is 0.166 e. The van der Waals surface area contributed by atoms with Crippen LogP contribution in [-0.2, 0) is 12.8 Å². The molecule has 2 aromatic carbocycles. The van der Waals surface area contributed by atoms with Gasteiger partial charge in [-0.25, -0.2) is 0 Å². The zero-order valence-electron chi connectivity index (χ0n) is 11.5. The minimum atomic E-state index is 0.123. The van der Waals surface area contributed by atoms with Crippen molar-refractivity contribution in [1.82, 2.24) is 0 Å². The van der Waals surface area contributed by atoms with Crippen LogP contribution >= 0.6 is 15.9 Å². The topological polar surface area (TPSA) is 17.1 Å². The molecule has 0 amide bonds. The largest absolute Gasteiger partial charge is 0.294 e. The van der Waals surface area contributed by atoms with Crippen molar-refractivity contribution in [2.75, 3.05) is 0 Å². The van der Waals surface area contributed by atoms with Gasteiger partial charge in [-0.3, -0.25) is 4.79 Å². The van der Waals surface area contributed by atoms with Gasteiger partial charge in [0, 0.05) is 16.0 Å². The minimum absolute atomic E-state index is 0.123. The summed E-state index contributed by atoms with van der Waals surface area (Å²) in [5.74, 6) is 0.425. The second kappa shape index (κ2) is 5.53. The Morgan fingerprint density at radius 2 is 2.00 bits per heavy atom. The Labute approximate surface area is 128 Å². The molecule has 2 heteroatoms. The Morgan fingerprint density at radius 3 is 2.80 bits per heavy atom. The van der Waals surface area contributed by atoms with E-state index >= 15 is 0 Å². The molecule has 0 N–H and O–H groups in total. The number of carbonyl (C=O) groups excluding carboxylic acids is 1. The first-order valence-corrected chi connectivity index (χ1v) is 7.81. The number of fused-ring (bicyclic) bond motifs is 1. The summed E-state index contributed by atoms with van der Waals surface area (Å²) in [4.78, 5) is 12.7. The van der Waals surface area contributed by atoms with Gasteiger partial charge >= 0.3 is 0 Å². The Hall–Kier alpha value is -1.41. The van der Waals surface area contributed by atoms with Gasteiger partial charge in [-0.1, -0.05) is 46.3 Å². The van der Waals surface area contributed by atoms with Crippen molar-refractivity contribution in [1.29, 1.82) is 0 Å². The van der Waals surface area contributed by atoms with Gasteiger partial charge in [-0.2, -0.15) is 0 Å². The van der Waals surface area contributed by atoms with E-state index in [0.717, 1.165) is 29.3 Å². The summed E-state index contributed by atoms with van der Waals surface area (Å²) < 4.78 is 0.987. The van der Waals surface area contributed by atoms with E-state index in [9.17, 15) is 4.79 Å². The highest BCUT2D eigenvalue weighted by Crippen LogP contribution is 2.30. The van der Waals surface area contributed by atoms with Crippen LogP contribution in [-0.4, -0.2) is 5.78 Å². The summed E-state index contributed by atoms with van der Waals surface area (Å²) >= 11 is 3.46. The Bertz CT molecular complexity index is 660. The van der Waals surface area contributed by atoms with E-state index in [0.29, 0.717) is 5.78 Å². The van der Waals surface area contributed by atoms with E-state index in [1.54, 1.807) is 0 Å². The summed E-state index contributed by atoms with van der Waals surface area (Å²) in [6, 6.07) is 14.4. The number of halogens is 1. The number of hydrogen-bond acceptors (Lipinski definition) is 1. The highest BCUT2D eigenvalue weighted by atomic mass is 79.9. The van der Waals surface area contributed by atoms with E-state index in [4.69, 9.17) is 0 Å². The molecule has 0 radical (unpaired) electrons. The molecule has 2 aromatic rings. The van der Waals surface area contributed by atoms with Gasteiger partial charge in [-0.05, 0) is 55.0 Å². The summed E-state index contributed by atoms with van der Waals surface area (Å²) in [7, 11) is 0. The molecule has 0 saturated heterocycles. The van der Waals surface area contributed by atoms with Crippen molar-refractivity contribution in [3.8, 4) is 0 Å². The molecule has 0 saturated carbocycles. The fourth-order valence-electron chi connectivity index (χ4n) is 2.98. The second-order valence-electron chi connectivity index (χ2n) is 5.53. The molecule has 0 unspecified atom stereocenters. The highest BCUT2D eigenvalue weighted by molar-refractivity contribution is 9.10. The first-order chi connectivity index (χ1) is 9.65. The molecule has 0 aromatic heterocycles. The van der Waals surface area contributed by atoms with Crippen LogP contribution < -0.4 is 0 Å². The highest BCUT2D eigenvalue weighted by Gasteiger charge is 2.27. The summed E-state index contributed by atoms with van der Waals surface area (Å²) in [5, 5.41) is 0. The molecule has 1 aliphatic carbocycles. The maximum absolute atomic E-state index is 12.7. The zero-order chi connectivity index (χ0) is 14.1. The lowest BCUT2D eigenvalue weighted by Crippen LogP contribution is -2.24. The van der Waals surface area contributed by atoms with Gasteiger partial charge in [0.2, 0.25) is 0 Å². The van der Waals surface area contributed by atoms with Crippen LogP contribution in [0.2, 0.25) is 0 Å². The predicted molar refractivity (Wildman–Crippen MR) is 85.2 cm³/mol. The molecule has 1 atom stereocenters. The first-order valence-electron chi connectivity index (χ1n) is 7.02. The van der Waals surface area contributed by atoms with Gasteiger partial charge in [0.1, 0.15) is 0 Å². The van der Waals surface area contributed by atoms with Gasteiger partial charge < -0.3 is 0 Å². The van der Waals surface area contributed by atoms with Crippen LogP contribution in [0.5, 0.6) is 0 Å². The Kier molecular flexibility index (Phi) is 3.75. The molecule has 0 fully saturated rings. The van der Waals surface area contributed by atoms with Crippen LogP contribution in [0.1, 0.15) is 33.5 Å². The van der Waals surface area contributed by atoms with Gasteiger partial charge in [0.05, 0.1) is 0 Å². The molecule has 102 valence electrons. The Morgan fingerprint density at radius 1 is 1.20 bits per heavy atom. The lowest BCUT2D eigenvalue weighted by atomic mass is 9.79. The molecule has 0 spiro atoms. The number of benzene rings is 2. The standard InChI is InChI=1S/C18H17BrO/c1-12-4-2-3-5-14(12)10-15-7-6-13-8-9-16(19)11-17(13)18(15)20/h2-5,8-9,11,15H,6-7,10H2,1H3/t15-/m1/s1. The lowest BCUT2D eigenvalue weighted by molar-refractivity contribution is 0.0901. The summed E-state index contributed by atoms with van der Waals surface area (Å²) in [6.07, 6.45) is 2.82. The number of rotatable bonds is 2. The van der Waals surface area contributed by atoms with E-state index in [1.807, 2.05) is 18.2 Å².